The predicted molar refractivity (Wildman–Crippen MR) is 64.8 cm³/mol. The van der Waals surface area contributed by atoms with Gasteiger partial charge in [-0.15, -0.1) is 0 Å². The summed E-state index contributed by atoms with van der Waals surface area (Å²) in [7, 11) is 1.63. The Morgan fingerprint density at radius 2 is 2.19 bits per heavy atom. The average molecular weight is 288 g/mol. The topological polar surface area (TPSA) is 35.2 Å². The van der Waals surface area contributed by atoms with E-state index in [0.29, 0.717) is 17.6 Å². The number of halogens is 2. The van der Waals surface area contributed by atoms with Crippen LogP contribution in [0.1, 0.15) is 24.0 Å². The quantitative estimate of drug-likeness (QED) is 0.924. The summed E-state index contributed by atoms with van der Waals surface area (Å²) in [5.41, 5.74) is 7.31. The standard InChI is InChI=1S/C12H15BrFNO/c1-16-6-8-4-9(11(14)10(13)5-8)12(7-15)2-3-12/h4-5H,2-3,6-7,15H2,1H3. The predicted octanol–water partition coefficient (Wildman–Crippen LogP) is 2.72. The van der Waals surface area contributed by atoms with Crippen molar-refractivity contribution in [3.8, 4) is 0 Å². The third-order valence-electron chi connectivity index (χ3n) is 3.21. The molecule has 1 aliphatic rings. The molecule has 2 rings (SSSR count). The summed E-state index contributed by atoms with van der Waals surface area (Å²) in [4.78, 5) is 0. The first-order chi connectivity index (χ1) is 7.63. The minimum absolute atomic E-state index is 0.129. The molecule has 1 fully saturated rings. The molecular weight excluding hydrogens is 273 g/mol. The van der Waals surface area contributed by atoms with Crippen LogP contribution in [0, 0.1) is 5.82 Å². The van der Waals surface area contributed by atoms with Gasteiger partial charge in [0.2, 0.25) is 0 Å². The Labute approximate surface area is 103 Å². The molecule has 0 amide bonds. The van der Waals surface area contributed by atoms with Crippen LogP contribution in [0.3, 0.4) is 0 Å². The molecule has 0 unspecified atom stereocenters. The van der Waals surface area contributed by atoms with Crippen LogP contribution in [0.5, 0.6) is 0 Å². The Hall–Kier alpha value is -0.450. The van der Waals surface area contributed by atoms with Crippen molar-refractivity contribution in [1.29, 1.82) is 0 Å². The Bertz CT molecular complexity index is 404. The maximum atomic E-state index is 14.0. The first-order valence-corrected chi connectivity index (χ1v) is 6.10. The Morgan fingerprint density at radius 1 is 1.50 bits per heavy atom. The third kappa shape index (κ3) is 2.01. The van der Waals surface area contributed by atoms with E-state index in [-0.39, 0.29) is 11.2 Å². The van der Waals surface area contributed by atoms with Gasteiger partial charge < -0.3 is 10.5 Å². The molecule has 1 aromatic rings. The Morgan fingerprint density at radius 3 is 2.69 bits per heavy atom. The highest BCUT2D eigenvalue weighted by Crippen LogP contribution is 2.49. The van der Waals surface area contributed by atoms with E-state index in [1.807, 2.05) is 6.07 Å². The minimum atomic E-state index is -0.178. The highest BCUT2D eigenvalue weighted by molar-refractivity contribution is 9.10. The maximum Gasteiger partial charge on any atom is 0.141 e. The molecule has 0 aromatic heterocycles. The second-order valence-electron chi connectivity index (χ2n) is 4.36. The maximum absolute atomic E-state index is 14.0. The summed E-state index contributed by atoms with van der Waals surface area (Å²) in [6.07, 6.45) is 1.95. The largest absolute Gasteiger partial charge is 0.380 e. The molecule has 0 aliphatic heterocycles. The molecule has 2 nitrogen and oxygen atoms in total. The molecule has 0 radical (unpaired) electrons. The zero-order valence-corrected chi connectivity index (χ0v) is 10.8. The SMILES string of the molecule is COCc1cc(Br)c(F)c(C2(CN)CC2)c1. The minimum Gasteiger partial charge on any atom is -0.380 e. The van der Waals surface area contributed by atoms with Crippen molar-refractivity contribution in [2.75, 3.05) is 13.7 Å². The summed E-state index contributed by atoms with van der Waals surface area (Å²) in [6, 6.07) is 3.64. The second-order valence-corrected chi connectivity index (χ2v) is 5.21. The normalized spacial score (nSPS) is 17.5. The van der Waals surface area contributed by atoms with Crippen LogP contribution in [-0.2, 0) is 16.8 Å². The van der Waals surface area contributed by atoms with Gasteiger partial charge in [0.15, 0.2) is 0 Å². The van der Waals surface area contributed by atoms with Gasteiger partial charge in [0.05, 0.1) is 11.1 Å². The van der Waals surface area contributed by atoms with Crippen molar-refractivity contribution in [1.82, 2.24) is 0 Å². The van der Waals surface area contributed by atoms with Crippen LogP contribution >= 0.6 is 15.9 Å². The van der Waals surface area contributed by atoms with E-state index in [1.165, 1.54) is 0 Å². The van der Waals surface area contributed by atoms with E-state index in [4.69, 9.17) is 10.5 Å². The summed E-state index contributed by atoms with van der Waals surface area (Å²) >= 11 is 3.24. The van der Waals surface area contributed by atoms with Gasteiger partial charge in [-0.1, -0.05) is 0 Å². The molecule has 4 heteroatoms. The summed E-state index contributed by atoms with van der Waals surface area (Å²) in [5.74, 6) is -0.178. The van der Waals surface area contributed by atoms with Gasteiger partial charge in [-0.3, -0.25) is 0 Å². The van der Waals surface area contributed by atoms with Crippen LogP contribution in [-0.4, -0.2) is 13.7 Å². The smallest absolute Gasteiger partial charge is 0.141 e. The number of rotatable bonds is 4. The van der Waals surface area contributed by atoms with E-state index in [9.17, 15) is 4.39 Å². The molecule has 16 heavy (non-hydrogen) atoms. The molecule has 0 spiro atoms. The highest BCUT2D eigenvalue weighted by atomic mass is 79.9. The number of benzene rings is 1. The molecule has 0 atom stereocenters. The summed E-state index contributed by atoms with van der Waals surface area (Å²) < 4.78 is 19.6. The molecule has 1 aromatic carbocycles. The van der Waals surface area contributed by atoms with Gasteiger partial charge in [-0.05, 0) is 52.0 Å². The molecule has 2 N–H and O–H groups in total. The number of hydrogen-bond acceptors (Lipinski definition) is 2. The Balaban J connectivity index is 2.43. The molecule has 0 heterocycles. The molecule has 1 aliphatic carbocycles. The fourth-order valence-electron chi connectivity index (χ4n) is 2.02. The molecule has 0 bridgehead atoms. The molecule has 88 valence electrons. The van der Waals surface area contributed by atoms with Crippen molar-refractivity contribution < 1.29 is 9.13 Å². The van der Waals surface area contributed by atoms with Gasteiger partial charge in [0.1, 0.15) is 5.82 Å². The van der Waals surface area contributed by atoms with Crippen LogP contribution < -0.4 is 5.73 Å². The lowest BCUT2D eigenvalue weighted by atomic mass is 9.94. The van der Waals surface area contributed by atoms with Crippen LogP contribution in [0.4, 0.5) is 4.39 Å². The van der Waals surface area contributed by atoms with Crippen LogP contribution in [0.2, 0.25) is 0 Å². The van der Waals surface area contributed by atoms with E-state index in [2.05, 4.69) is 15.9 Å². The molecular formula is C12H15BrFNO. The third-order valence-corrected chi connectivity index (χ3v) is 3.79. The second kappa shape index (κ2) is 4.43. The lowest BCUT2D eigenvalue weighted by Gasteiger charge is -2.16. The zero-order valence-electron chi connectivity index (χ0n) is 9.22. The van der Waals surface area contributed by atoms with E-state index < -0.39 is 0 Å². The fourth-order valence-corrected chi connectivity index (χ4v) is 2.52. The summed E-state index contributed by atoms with van der Waals surface area (Å²) in [5, 5.41) is 0. The van der Waals surface area contributed by atoms with Crippen molar-refractivity contribution in [2.24, 2.45) is 5.73 Å². The van der Waals surface area contributed by atoms with Gasteiger partial charge >= 0.3 is 0 Å². The number of ether oxygens (including phenoxy) is 1. The van der Waals surface area contributed by atoms with Gasteiger partial charge in [-0.2, -0.15) is 0 Å². The lowest BCUT2D eigenvalue weighted by Crippen LogP contribution is -2.21. The first-order valence-electron chi connectivity index (χ1n) is 5.30. The van der Waals surface area contributed by atoms with E-state index >= 15 is 0 Å². The lowest BCUT2D eigenvalue weighted by molar-refractivity contribution is 0.184. The van der Waals surface area contributed by atoms with Crippen molar-refractivity contribution in [3.63, 3.8) is 0 Å². The zero-order chi connectivity index (χ0) is 11.8. The van der Waals surface area contributed by atoms with Crippen molar-refractivity contribution in [3.05, 3.63) is 33.5 Å². The fraction of sp³-hybridized carbons (Fsp3) is 0.500. The van der Waals surface area contributed by atoms with Gasteiger partial charge in [-0.25, -0.2) is 4.39 Å². The van der Waals surface area contributed by atoms with Gasteiger partial charge in [0.25, 0.3) is 0 Å². The van der Waals surface area contributed by atoms with E-state index in [0.717, 1.165) is 24.0 Å². The Kier molecular flexibility index (Phi) is 3.33. The van der Waals surface area contributed by atoms with Crippen molar-refractivity contribution >= 4 is 15.9 Å². The molecule has 1 saturated carbocycles. The first kappa shape index (κ1) is 12.0. The molecule has 0 saturated heterocycles. The monoisotopic (exact) mass is 287 g/mol. The number of nitrogens with two attached hydrogens (primary N) is 1. The number of hydrogen-bond donors (Lipinski definition) is 1. The van der Waals surface area contributed by atoms with E-state index in [1.54, 1.807) is 13.2 Å². The highest BCUT2D eigenvalue weighted by Gasteiger charge is 2.45. The summed E-state index contributed by atoms with van der Waals surface area (Å²) in [6.45, 7) is 0.999. The van der Waals surface area contributed by atoms with Crippen LogP contribution in [0.25, 0.3) is 0 Å². The van der Waals surface area contributed by atoms with Crippen LogP contribution in [0.15, 0.2) is 16.6 Å². The van der Waals surface area contributed by atoms with Gasteiger partial charge in [0, 0.05) is 19.1 Å². The number of methoxy groups -OCH3 is 1. The average Bonchev–Trinajstić information content (AvgIpc) is 3.04. The van der Waals surface area contributed by atoms with Crippen molar-refractivity contribution in [2.45, 2.75) is 24.9 Å².